The van der Waals surface area contributed by atoms with Crippen LogP contribution in [0.2, 0.25) is 0 Å². The minimum absolute atomic E-state index is 0.139. The highest BCUT2D eigenvalue weighted by molar-refractivity contribution is 6.03. The Bertz CT molecular complexity index is 707. The molecule has 0 aliphatic heterocycles. The van der Waals surface area contributed by atoms with Crippen molar-refractivity contribution in [1.29, 1.82) is 0 Å². The summed E-state index contributed by atoms with van der Waals surface area (Å²) in [5.41, 5.74) is 9.99. The summed E-state index contributed by atoms with van der Waals surface area (Å²) in [6.07, 6.45) is 2.43. The van der Waals surface area contributed by atoms with Crippen LogP contribution in [-0.4, -0.2) is 15.6 Å². The Balaban J connectivity index is 2.26. The van der Waals surface area contributed by atoms with E-state index >= 15 is 0 Å². The molecule has 0 bridgehead atoms. The van der Waals surface area contributed by atoms with Gasteiger partial charge in [0.25, 0.3) is 0 Å². The third-order valence-corrected chi connectivity index (χ3v) is 3.87. The number of hydrogen-bond donors (Lipinski definition) is 1. The number of benzene rings is 1. The average Bonchev–Trinajstić information content (AvgIpc) is 2.79. The topological polar surface area (TPSA) is 60.9 Å². The van der Waals surface area contributed by atoms with E-state index in [1.807, 2.05) is 28.9 Å². The van der Waals surface area contributed by atoms with Crippen molar-refractivity contribution in [2.24, 2.45) is 0 Å². The van der Waals surface area contributed by atoms with Crippen molar-refractivity contribution in [2.45, 2.75) is 45.6 Å². The van der Waals surface area contributed by atoms with Gasteiger partial charge in [0.05, 0.1) is 16.8 Å². The zero-order valence-corrected chi connectivity index (χ0v) is 12.8. The number of ketones is 1. The molecule has 1 aliphatic rings. The lowest BCUT2D eigenvalue weighted by Gasteiger charge is -2.24. The van der Waals surface area contributed by atoms with Crippen molar-refractivity contribution in [2.75, 3.05) is 5.73 Å². The molecule has 1 aromatic carbocycles. The van der Waals surface area contributed by atoms with Gasteiger partial charge < -0.3 is 5.73 Å². The van der Waals surface area contributed by atoms with Crippen LogP contribution in [0.15, 0.2) is 24.3 Å². The maximum absolute atomic E-state index is 12.4. The van der Waals surface area contributed by atoms with Crippen molar-refractivity contribution >= 4 is 11.5 Å². The summed E-state index contributed by atoms with van der Waals surface area (Å²) in [5.74, 6) is 0.198. The zero-order valence-electron chi connectivity index (χ0n) is 12.8. The lowest BCUT2D eigenvalue weighted by atomic mass is 9.91. The van der Waals surface area contributed by atoms with Gasteiger partial charge in [-0.05, 0) is 45.7 Å². The molecule has 0 atom stereocenters. The number of nitrogens with two attached hydrogens (primary N) is 1. The highest BCUT2D eigenvalue weighted by atomic mass is 16.1. The molecule has 21 heavy (non-hydrogen) atoms. The van der Waals surface area contributed by atoms with Gasteiger partial charge >= 0.3 is 0 Å². The molecule has 4 nitrogen and oxygen atoms in total. The van der Waals surface area contributed by atoms with Gasteiger partial charge in [0.15, 0.2) is 5.78 Å². The van der Waals surface area contributed by atoms with E-state index in [1.54, 1.807) is 0 Å². The van der Waals surface area contributed by atoms with Crippen molar-refractivity contribution in [3.05, 3.63) is 35.5 Å². The molecule has 0 saturated carbocycles. The predicted molar refractivity (Wildman–Crippen MR) is 84.3 cm³/mol. The maximum atomic E-state index is 12.4. The van der Waals surface area contributed by atoms with E-state index in [0.29, 0.717) is 12.1 Å². The van der Waals surface area contributed by atoms with E-state index in [4.69, 9.17) is 10.8 Å². The van der Waals surface area contributed by atoms with Gasteiger partial charge in [0, 0.05) is 17.7 Å². The second-order valence-corrected chi connectivity index (χ2v) is 6.66. The summed E-state index contributed by atoms with van der Waals surface area (Å²) in [5, 5.41) is 4.77. The van der Waals surface area contributed by atoms with Gasteiger partial charge in [-0.2, -0.15) is 5.10 Å². The molecule has 0 spiro atoms. The smallest absolute Gasteiger partial charge is 0.166 e. The fourth-order valence-corrected chi connectivity index (χ4v) is 2.96. The summed E-state index contributed by atoms with van der Waals surface area (Å²) in [6.45, 7) is 6.34. The predicted octanol–water partition coefficient (Wildman–Crippen LogP) is 3.41. The molecule has 0 radical (unpaired) electrons. The summed E-state index contributed by atoms with van der Waals surface area (Å²) in [4.78, 5) is 12.4. The fourth-order valence-electron chi connectivity index (χ4n) is 2.96. The quantitative estimate of drug-likeness (QED) is 0.816. The minimum atomic E-state index is -0.139. The number of rotatable bonds is 1. The number of aromatic nitrogens is 2. The van der Waals surface area contributed by atoms with Crippen LogP contribution in [0.25, 0.3) is 11.3 Å². The second kappa shape index (κ2) is 4.72. The Morgan fingerprint density at radius 1 is 1.24 bits per heavy atom. The average molecular weight is 283 g/mol. The summed E-state index contributed by atoms with van der Waals surface area (Å²) in [7, 11) is 0. The summed E-state index contributed by atoms with van der Waals surface area (Å²) < 4.78 is 2.01. The molecule has 2 N–H and O–H groups in total. The minimum Gasteiger partial charge on any atom is -0.399 e. The van der Waals surface area contributed by atoms with Crippen LogP contribution in [0.3, 0.4) is 0 Å². The molecule has 1 aromatic heterocycles. The van der Waals surface area contributed by atoms with Crippen molar-refractivity contribution in [3.8, 4) is 11.3 Å². The summed E-state index contributed by atoms with van der Waals surface area (Å²) >= 11 is 0. The van der Waals surface area contributed by atoms with Crippen molar-refractivity contribution in [3.63, 3.8) is 0 Å². The molecule has 2 aromatic rings. The van der Waals surface area contributed by atoms with Gasteiger partial charge in [-0.1, -0.05) is 12.1 Å². The van der Waals surface area contributed by atoms with Crippen LogP contribution in [0.4, 0.5) is 5.69 Å². The van der Waals surface area contributed by atoms with Crippen LogP contribution in [0, 0.1) is 0 Å². The van der Waals surface area contributed by atoms with Gasteiger partial charge in [-0.3, -0.25) is 9.48 Å². The van der Waals surface area contributed by atoms with Crippen LogP contribution < -0.4 is 5.73 Å². The second-order valence-electron chi connectivity index (χ2n) is 6.66. The number of hydrogen-bond acceptors (Lipinski definition) is 3. The molecular weight excluding hydrogens is 262 g/mol. The monoisotopic (exact) mass is 283 g/mol. The third-order valence-electron chi connectivity index (χ3n) is 3.87. The van der Waals surface area contributed by atoms with Gasteiger partial charge in [0.2, 0.25) is 0 Å². The number of nitrogens with zero attached hydrogens (tertiary/aromatic N) is 2. The Hall–Kier alpha value is -2.10. The third kappa shape index (κ3) is 2.35. The Morgan fingerprint density at radius 2 is 2.00 bits per heavy atom. The molecule has 0 unspecified atom stereocenters. The Morgan fingerprint density at radius 3 is 2.67 bits per heavy atom. The molecule has 1 aliphatic carbocycles. The Labute approximate surface area is 125 Å². The highest BCUT2D eigenvalue weighted by Gasteiger charge is 2.31. The van der Waals surface area contributed by atoms with E-state index in [1.165, 1.54) is 0 Å². The van der Waals surface area contributed by atoms with Crippen molar-refractivity contribution in [1.82, 2.24) is 9.78 Å². The lowest BCUT2D eigenvalue weighted by Crippen LogP contribution is -2.27. The van der Waals surface area contributed by atoms with Gasteiger partial charge in [0.1, 0.15) is 5.69 Å². The fraction of sp³-hybridized carbons (Fsp3) is 0.412. The first-order chi connectivity index (χ1) is 9.88. The number of anilines is 1. The van der Waals surface area contributed by atoms with E-state index in [9.17, 15) is 4.79 Å². The number of Topliss-reactive ketones (excluding diaryl/α,β-unsaturated/α-hetero) is 1. The van der Waals surface area contributed by atoms with Crippen LogP contribution >= 0.6 is 0 Å². The first kappa shape index (κ1) is 13.9. The molecule has 3 rings (SSSR count). The zero-order chi connectivity index (χ0) is 15.2. The summed E-state index contributed by atoms with van der Waals surface area (Å²) in [6, 6.07) is 7.60. The Kier molecular flexibility index (Phi) is 3.12. The molecule has 0 saturated heterocycles. The molecular formula is C17H21N3O. The van der Waals surface area contributed by atoms with Gasteiger partial charge in [-0.15, -0.1) is 0 Å². The van der Waals surface area contributed by atoms with E-state index in [0.717, 1.165) is 35.4 Å². The molecule has 1 heterocycles. The maximum Gasteiger partial charge on any atom is 0.166 e. The number of carbonyl (C=O) groups is 1. The highest BCUT2D eigenvalue weighted by Crippen LogP contribution is 2.34. The standard InChI is InChI=1S/C17H21N3O/c1-17(2,3)20-13-8-5-9-14(21)15(13)16(19-20)11-6-4-7-12(18)10-11/h4,6-7,10H,5,8-9,18H2,1-3H3. The van der Waals surface area contributed by atoms with E-state index < -0.39 is 0 Å². The van der Waals surface area contributed by atoms with Gasteiger partial charge in [-0.25, -0.2) is 0 Å². The van der Waals surface area contributed by atoms with Crippen LogP contribution in [-0.2, 0) is 12.0 Å². The number of carbonyl (C=O) groups excluding carboxylic acids is 1. The largest absolute Gasteiger partial charge is 0.399 e. The van der Waals surface area contributed by atoms with Crippen LogP contribution in [0.5, 0.6) is 0 Å². The van der Waals surface area contributed by atoms with Crippen molar-refractivity contribution < 1.29 is 4.79 Å². The first-order valence-corrected chi connectivity index (χ1v) is 7.39. The first-order valence-electron chi connectivity index (χ1n) is 7.39. The number of fused-ring (bicyclic) bond motifs is 1. The molecule has 110 valence electrons. The SMILES string of the molecule is CC(C)(C)n1nc(-c2cccc(N)c2)c2c1CCCC2=O. The molecule has 0 fully saturated rings. The van der Waals surface area contributed by atoms with E-state index in [-0.39, 0.29) is 11.3 Å². The lowest BCUT2D eigenvalue weighted by molar-refractivity contribution is 0.0971. The number of nitrogen functional groups attached to an aromatic ring is 1. The van der Waals surface area contributed by atoms with E-state index in [2.05, 4.69) is 20.8 Å². The normalized spacial score (nSPS) is 15.1. The molecule has 4 heteroatoms. The van der Waals surface area contributed by atoms with Crippen LogP contribution in [0.1, 0.15) is 49.7 Å². The molecule has 0 amide bonds.